The Morgan fingerprint density at radius 3 is 2.21 bits per heavy atom. The minimum Gasteiger partial charge on any atom is -0.494 e. The number of benzene rings is 1. The lowest BCUT2D eigenvalue weighted by atomic mass is 9.84. The van der Waals surface area contributed by atoms with Gasteiger partial charge in [-0.15, -0.1) is 0 Å². The Kier molecular flexibility index (Phi) is 13.5. The number of carbonyl (C=O) groups is 1. The molecule has 1 aromatic carbocycles. The minimum absolute atomic E-state index is 0.0503. The molecular weight excluding hydrogens is 551 g/mol. The number of ketones is 1. The van der Waals surface area contributed by atoms with Crippen LogP contribution in [0.5, 0.6) is 5.75 Å². The second-order valence-electron chi connectivity index (χ2n) is 11.6. The van der Waals surface area contributed by atoms with Crippen LogP contribution in [0.3, 0.4) is 0 Å². The van der Waals surface area contributed by atoms with E-state index in [2.05, 4.69) is 20.8 Å². The summed E-state index contributed by atoms with van der Waals surface area (Å²) in [6.45, 7) is 17.5. The zero-order valence-corrected chi connectivity index (χ0v) is 27.7. The van der Waals surface area contributed by atoms with E-state index in [-0.39, 0.29) is 35.3 Å². The number of halogens is 1. The fourth-order valence-corrected chi connectivity index (χ4v) is 5.27. The number of nitrogens with zero attached hydrogens (tertiary/aromatic N) is 1. The van der Waals surface area contributed by atoms with Crippen molar-refractivity contribution in [2.75, 3.05) is 45.4 Å². The van der Waals surface area contributed by atoms with Crippen LogP contribution in [0.15, 0.2) is 46.7 Å². The van der Waals surface area contributed by atoms with Gasteiger partial charge in [0.1, 0.15) is 23.4 Å². The highest BCUT2D eigenvalue weighted by molar-refractivity contribution is 6.00. The summed E-state index contributed by atoms with van der Waals surface area (Å²) in [5.41, 5.74) is 3.77. The summed E-state index contributed by atoms with van der Waals surface area (Å²) in [6.07, 6.45) is 2.17. The Morgan fingerprint density at radius 1 is 1.09 bits per heavy atom. The fraction of sp³-hybridized carbons (Fsp3) is 0.588. The molecule has 1 fully saturated rings. The Labute approximate surface area is 257 Å². The molecule has 1 saturated heterocycles. The zero-order chi connectivity index (χ0) is 32.5. The molecule has 0 saturated carbocycles. The number of rotatable bonds is 11. The predicted octanol–water partition coefficient (Wildman–Crippen LogP) is 7.06. The first-order valence-corrected chi connectivity index (χ1v) is 15.1. The summed E-state index contributed by atoms with van der Waals surface area (Å²) in [5, 5.41) is 17.9. The average molecular weight is 603 g/mol. The van der Waals surface area contributed by atoms with Gasteiger partial charge in [0.2, 0.25) is 0 Å². The molecule has 1 heterocycles. The summed E-state index contributed by atoms with van der Waals surface area (Å²) in [4.78, 5) is 14.4. The molecule has 0 spiro atoms. The molecule has 0 aromatic heterocycles. The quantitative estimate of drug-likeness (QED) is 0.207. The van der Waals surface area contributed by atoms with Crippen LogP contribution in [0.2, 0.25) is 0 Å². The first-order valence-electron chi connectivity index (χ1n) is 15.1. The van der Waals surface area contributed by atoms with E-state index in [1.54, 1.807) is 27.2 Å². The van der Waals surface area contributed by atoms with Gasteiger partial charge in [0.05, 0.1) is 38.5 Å². The Balaban J connectivity index is 0.000000309. The smallest absolute Gasteiger partial charge is 0.162 e. The molecule has 0 radical (unpaired) electrons. The summed E-state index contributed by atoms with van der Waals surface area (Å²) >= 11 is 0. The van der Waals surface area contributed by atoms with Gasteiger partial charge in [0, 0.05) is 49.0 Å². The summed E-state index contributed by atoms with van der Waals surface area (Å²) in [6, 6.07) is 3.82. The van der Waals surface area contributed by atoms with E-state index < -0.39 is 6.10 Å². The predicted molar refractivity (Wildman–Crippen MR) is 170 cm³/mol. The molecule has 0 bridgehead atoms. The molecule has 9 heteroatoms. The third kappa shape index (κ3) is 8.92. The second kappa shape index (κ2) is 16.1. The van der Waals surface area contributed by atoms with Crippen molar-refractivity contribution in [3.8, 4) is 5.75 Å². The molecule has 1 aliphatic heterocycles. The van der Waals surface area contributed by atoms with E-state index in [1.807, 2.05) is 44.7 Å². The molecule has 1 aromatic rings. The van der Waals surface area contributed by atoms with Crippen LogP contribution in [-0.4, -0.2) is 69.3 Å². The van der Waals surface area contributed by atoms with Gasteiger partial charge >= 0.3 is 0 Å². The van der Waals surface area contributed by atoms with E-state index in [9.17, 15) is 14.3 Å². The summed E-state index contributed by atoms with van der Waals surface area (Å²) < 4.78 is 36.4. The summed E-state index contributed by atoms with van der Waals surface area (Å²) in [7, 11) is 3.25. The van der Waals surface area contributed by atoms with Crippen molar-refractivity contribution in [2.24, 2.45) is 0 Å². The standard InChI is InChI=1S/C19H29NO4.C15H22FNO2/c1-7-15(21)12-8-13(19(2,3)4)18(24-6)14(9-12)20-10-16(22)17(11-20)23-5;1-5-11-8-13(18-6-2)14(19-7-3)9-12(16)15(11)10(4)17/h8-9,16-17,22H,7,10-11H2,1-6H3;8,17H,5-7,9H2,1-4H3/t16?,17-;/m0./s1. The minimum atomic E-state index is -0.552. The molecule has 240 valence electrons. The SMILES string of the molecule is CCC(=O)c1cc(N2CC(O)[C@@H](OC)C2)c(OC)c(C(C)(C)C)c1.CCOC1=C(OCC)CC(F)=C(C(C)=N)C(CC)=C1. The number of β-amino-alcohol motifs (C(OH)–C–C–N with tert-alkyl or cyclic N) is 1. The molecule has 3 rings (SSSR count). The number of hydrogen-bond donors (Lipinski definition) is 2. The van der Waals surface area contributed by atoms with Gasteiger partial charge in [0.15, 0.2) is 11.5 Å². The van der Waals surface area contributed by atoms with Gasteiger partial charge < -0.3 is 34.4 Å². The van der Waals surface area contributed by atoms with Gasteiger partial charge in [-0.25, -0.2) is 4.39 Å². The average Bonchev–Trinajstić information content (AvgIpc) is 3.28. The number of carbonyl (C=O) groups excluding carboxylic acids is 1. The molecule has 2 N–H and O–H groups in total. The zero-order valence-electron chi connectivity index (χ0n) is 27.7. The van der Waals surface area contributed by atoms with Crippen LogP contribution in [0.25, 0.3) is 0 Å². The van der Waals surface area contributed by atoms with Crippen molar-refractivity contribution in [1.82, 2.24) is 0 Å². The molecule has 0 amide bonds. The highest BCUT2D eigenvalue weighted by Crippen LogP contribution is 2.41. The third-order valence-corrected chi connectivity index (χ3v) is 7.47. The van der Waals surface area contributed by atoms with Crippen LogP contribution < -0.4 is 9.64 Å². The number of aliphatic hydroxyl groups excluding tert-OH is 1. The highest BCUT2D eigenvalue weighted by Gasteiger charge is 2.35. The molecule has 2 atom stereocenters. The first-order chi connectivity index (χ1) is 20.3. The maximum absolute atomic E-state index is 14.3. The number of ether oxygens (including phenoxy) is 4. The lowest BCUT2D eigenvalue weighted by Gasteiger charge is -2.28. The van der Waals surface area contributed by atoms with Crippen LogP contribution in [0.1, 0.15) is 90.6 Å². The number of anilines is 1. The van der Waals surface area contributed by atoms with Crippen LogP contribution in [0, 0.1) is 5.41 Å². The normalized spacial score (nSPS) is 19.0. The number of methoxy groups -OCH3 is 2. The number of hydrogen-bond acceptors (Lipinski definition) is 8. The van der Waals surface area contributed by atoms with Crippen molar-refractivity contribution >= 4 is 17.2 Å². The fourth-order valence-electron chi connectivity index (χ4n) is 5.27. The number of nitrogens with one attached hydrogen (secondary N) is 1. The third-order valence-electron chi connectivity index (χ3n) is 7.47. The van der Waals surface area contributed by atoms with Crippen molar-refractivity contribution < 1.29 is 33.2 Å². The van der Waals surface area contributed by atoms with E-state index in [0.717, 1.165) is 22.6 Å². The van der Waals surface area contributed by atoms with E-state index >= 15 is 0 Å². The van der Waals surface area contributed by atoms with Crippen molar-refractivity contribution in [3.05, 3.63) is 57.8 Å². The maximum Gasteiger partial charge on any atom is 0.162 e. The van der Waals surface area contributed by atoms with Crippen molar-refractivity contribution in [1.29, 1.82) is 5.41 Å². The van der Waals surface area contributed by atoms with E-state index in [0.29, 0.717) is 61.8 Å². The van der Waals surface area contributed by atoms with Crippen LogP contribution >= 0.6 is 0 Å². The largest absolute Gasteiger partial charge is 0.494 e. The number of Topliss-reactive ketones (excluding diaryl/α,β-unsaturated/α-hetero) is 1. The Morgan fingerprint density at radius 2 is 1.74 bits per heavy atom. The van der Waals surface area contributed by atoms with Crippen molar-refractivity contribution in [3.63, 3.8) is 0 Å². The molecule has 8 nitrogen and oxygen atoms in total. The molecular formula is C34H51FN2O6. The number of aliphatic hydroxyl groups is 1. The van der Waals surface area contributed by atoms with Gasteiger partial charge in [0.25, 0.3) is 0 Å². The van der Waals surface area contributed by atoms with Crippen LogP contribution in [-0.2, 0) is 19.6 Å². The van der Waals surface area contributed by atoms with E-state index in [1.165, 1.54) is 0 Å². The topological polar surface area (TPSA) is 101 Å². The van der Waals surface area contributed by atoms with Gasteiger partial charge in [-0.05, 0) is 56.4 Å². The van der Waals surface area contributed by atoms with Crippen molar-refractivity contribution in [2.45, 2.75) is 92.3 Å². The Bertz CT molecular complexity index is 1240. The second-order valence-corrected chi connectivity index (χ2v) is 11.6. The maximum atomic E-state index is 14.3. The first kappa shape index (κ1) is 36.0. The lowest BCUT2D eigenvalue weighted by Crippen LogP contribution is -2.25. The molecule has 1 aliphatic carbocycles. The molecule has 2 aliphatic rings. The van der Waals surface area contributed by atoms with E-state index in [4.69, 9.17) is 24.4 Å². The van der Waals surface area contributed by atoms with Crippen LogP contribution in [0.4, 0.5) is 10.1 Å². The van der Waals surface area contributed by atoms with Gasteiger partial charge in [-0.1, -0.05) is 34.6 Å². The molecule has 1 unspecified atom stereocenters. The number of allylic oxidation sites excluding steroid dienone is 4. The van der Waals surface area contributed by atoms with Gasteiger partial charge in [-0.2, -0.15) is 0 Å². The Hall–Kier alpha value is -3.17. The highest BCUT2D eigenvalue weighted by atomic mass is 19.1. The summed E-state index contributed by atoms with van der Waals surface area (Å²) in [5.74, 6) is 1.63. The molecule has 43 heavy (non-hydrogen) atoms. The van der Waals surface area contributed by atoms with Gasteiger partial charge in [-0.3, -0.25) is 4.79 Å². The lowest BCUT2D eigenvalue weighted by molar-refractivity contribution is 0.0217. The monoisotopic (exact) mass is 602 g/mol.